The SMILES string of the molecule is Cc1cc(C(=O)NCc2cnc(OCC(F)F)c(Cl)c2)cc(NC(=O)CC2CC2)n1. The Morgan fingerprint density at radius 2 is 2.07 bits per heavy atom. The van der Waals surface area contributed by atoms with E-state index in [1.54, 1.807) is 13.0 Å². The summed E-state index contributed by atoms with van der Waals surface area (Å²) in [5.41, 5.74) is 1.51. The summed E-state index contributed by atoms with van der Waals surface area (Å²) in [4.78, 5) is 32.6. The lowest BCUT2D eigenvalue weighted by atomic mass is 10.2. The Hall–Kier alpha value is -2.81. The molecule has 160 valence electrons. The van der Waals surface area contributed by atoms with Gasteiger partial charge in [0.05, 0.1) is 0 Å². The van der Waals surface area contributed by atoms with E-state index in [-0.39, 0.29) is 29.3 Å². The number of aryl methyl sites for hydroxylation is 1. The van der Waals surface area contributed by atoms with E-state index in [1.165, 1.54) is 18.3 Å². The molecule has 7 nitrogen and oxygen atoms in total. The highest BCUT2D eigenvalue weighted by atomic mass is 35.5. The van der Waals surface area contributed by atoms with Crippen molar-refractivity contribution in [3.63, 3.8) is 0 Å². The average Bonchev–Trinajstić information content (AvgIpc) is 3.48. The maximum absolute atomic E-state index is 12.5. The molecule has 0 saturated heterocycles. The largest absolute Gasteiger partial charge is 0.471 e. The van der Waals surface area contributed by atoms with Crippen LogP contribution in [0.5, 0.6) is 5.88 Å². The van der Waals surface area contributed by atoms with E-state index in [0.29, 0.717) is 35.0 Å². The third-order valence-corrected chi connectivity index (χ3v) is 4.59. The van der Waals surface area contributed by atoms with Crippen LogP contribution in [0.1, 0.15) is 40.9 Å². The van der Waals surface area contributed by atoms with Crippen LogP contribution in [-0.2, 0) is 11.3 Å². The van der Waals surface area contributed by atoms with Gasteiger partial charge in [0.2, 0.25) is 11.8 Å². The Morgan fingerprint density at radius 1 is 1.30 bits per heavy atom. The molecule has 0 spiro atoms. The summed E-state index contributed by atoms with van der Waals surface area (Å²) in [5, 5.41) is 5.53. The first kappa shape index (κ1) is 21.9. The minimum absolute atomic E-state index is 0.0721. The van der Waals surface area contributed by atoms with Crippen molar-refractivity contribution in [2.45, 2.75) is 39.2 Å². The van der Waals surface area contributed by atoms with Gasteiger partial charge in [0.1, 0.15) is 10.8 Å². The average molecular weight is 439 g/mol. The van der Waals surface area contributed by atoms with E-state index >= 15 is 0 Å². The topological polar surface area (TPSA) is 93.2 Å². The Labute approximate surface area is 177 Å². The standard InChI is InChI=1S/C20H21ClF2N4O3/c1-11-4-14(7-17(26-11)27-18(28)6-12-2-3-12)19(29)24-8-13-5-15(21)20(25-9-13)30-10-16(22)23/h4-5,7,9,12,16H,2-3,6,8,10H2,1H3,(H,24,29)(H,26,27,28). The zero-order valence-electron chi connectivity index (χ0n) is 16.3. The first-order valence-electron chi connectivity index (χ1n) is 9.42. The number of nitrogens with zero attached hydrogens (tertiary/aromatic N) is 2. The first-order chi connectivity index (χ1) is 14.3. The molecule has 1 aliphatic carbocycles. The quantitative estimate of drug-likeness (QED) is 0.622. The zero-order valence-corrected chi connectivity index (χ0v) is 17.0. The maximum Gasteiger partial charge on any atom is 0.272 e. The predicted octanol–water partition coefficient (Wildman–Crippen LogP) is 3.75. The van der Waals surface area contributed by atoms with Gasteiger partial charge in [-0.05, 0) is 49.4 Å². The third kappa shape index (κ3) is 6.62. The van der Waals surface area contributed by atoms with Gasteiger partial charge in [-0.2, -0.15) is 0 Å². The Bertz CT molecular complexity index is 938. The third-order valence-electron chi connectivity index (χ3n) is 4.32. The van der Waals surface area contributed by atoms with E-state index in [9.17, 15) is 18.4 Å². The van der Waals surface area contributed by atoms with Crippen LogP contribution in [0.3, 0.4) is 0 Å². The van der Waals surface area contributed by atoms with Crippen molar-refractivity contribution >= 4 is 29.2 Å². The van der Waals surface area contributed by atoms with Crippen molar-refractivity contribution in [3.05, 3.63) is 46.2 Å². The van der Waals surface area contributed by atoms with Gasteiger partial charge in [-0.15, -0.1) is 0 Å². The van der Waals surface area contributed by atoms with Crippen LogP contribution >= 0.6 is 11.6 Å². The van der Waals surface area contributed by atoms with Gasteiger partial charge in [0.15, 0.2) is 6.61 Å². The van der Waals surface area contributed by atoms with Crippen molar-refractivity contribution in [1.82, 2.24) is 15.3 Å². The molecule has 1 aliphatic rings. The fourth-order valence-electron chi connectivity index (χ4n) is 2.74. The van der Waals surface area contributed by atoms with E-state index in [4.69, 9.17) is 16.3 Å². The molecule has 2 aromatic heterocycles. The number of rotatable bonds is 9. The summed E-state index contributed by atoms with van der Waals surface area (Å²) in [7, 11) is 0. The molecule has 0 atom stereocenters. The molecule has 2 N–H and O–H groups in total. The van der Waals surface area contributed by atoms with Crippen molar-refractivity contribution in [2.75, 3.05) is 11.9 Å². The minimum Gasteiger partial charge on any atom is -0.471 e. The maximum atomic E-state index is 12.5. The van der Waals surface area contributed by atoms with Crippen LogP contribution in [0, 0.1) is 12.8 Å². The Balaban J connectivity index is 1.58. The summed E-state index contributed by atoms with van der Waals surface area (Å²) in [5.74, 6) is 0.203. The number of halogens is 3. The second kappa shape index (κ2) is 9.80. The Morgan fingerprint density at radius 3 is 2.73 bits per heavy atom. The molecule has 0 bridgehead atoms. The summed E-state index contributed by atoms with van der Waals surface area (Å²) >= 11 is 5.98. The second-order valence-electron chi connectivity index (χ2n) is 7.09. The van der Waals surface area contributed by atoms with Gasteiger partial charge in [-0.1, -0.05) is 11.6 Å². The van der Waals surface area contributed by atoms with Crippen LogP contribution in [0.4, 0.5) is 14.6 Å². The van der Waals surface area contributed by atoms with Crippen LogP contribution < -0.4 is 15.4 Å². The fraction of sp³-hybridized carbons (Fsp3) is 0.400. The van der Waals surface area contributed by atoms with E-state index < -0.39 is 13.0 Å². The molecule has 0 radical (unpaired) electrons. The number of hydrogen-bond acceptors (Lipinski definition) is 5. The molecule has 3 rings (SSSR count). The number of ether oxygens (including phenoxy) is 1. The van der Waals surface area contributed by atoms with Crippen molar-refractivity contribution in [3.8, 4) is 5.88 Å². The normalized spacial score (nSPS) is 13.2. The zero-order chi connectivity index (χ0) is 21.7. The van der Waals surface area contributed by atoms with E-state index in [2.05, 4.69) is 20.6 Å². The summed E-state index contributed by atoms with van der Waals surface area (Å²) in [6, 6.07) is 4.61. The molecule has 2 aromatic rings. The van der Waals surface area contributed by atoms with Crippen molar-refractivity contribution in [1.29, 1.82) is 0 Å². The number of carbonyl (C=O) groups excluding carboxylic acids is 2. The predicted molar refractivity (Wildman–Crippen MR) is 107 cm³/mol. The number of amides is 2. The number of nitrogens with one attached hydrogen (secondary N) is 2. The van der Waals surface area contributed by atoms with Crippen LogP contribution in [0.25, 0.3) is 0 Å². The molecule has 1 saturated carbocycles. The highest BCUT2D eigenvalue weighted by molar-refractivity contribution is 6.31. The molecule has 10 heteroatoms. The van der Waals surface area contributed by atoms with Crippen LogP contribution in [0.15, 0.2) is 24.4 Å². The monoisotopic (exact) mass is 438 g/mol. The second-order valence-corrected chi connectivity index (χ2v) is 7.50. The molecule has 2 heterocycles. The fourth-order valence-corrected chi connectivity index (χ4v) is 2.98. The van der Waals surface area contributed by atoms with Gasteiger partial charge in [-0.25, -0.2) is 18.7 Å². The first-order valence-corrected chi connectivity index (χ1v) is 9.80. The lowest BCUT2D eigenvalue weighted by molar-refractivity contribution is -0.116. The van der Waals surface area contributed by atoms with Gasteiger partial charge < -0.3 is 15.4 Å². The molecule has 0 unspecified atom stereocenters. The van der Waals surface area contributed by atoms with Gasteiger partial charge in [0.25, 0.3) is 12.3 Å². The number of aromatic nitrogens is 2. The highest BCUT2D eigenvalue weighted by Crippen LogP contribution is 2.32. The van der Waals surface area contributed by atoms with Crippen LogP contribution in [-0.4, -0.2) is 34.8 Å². The lowest BCUT2D eigenvalue weighted by Gasteiger charge is -2.10. The lowest BCUT2D eigenvalue weighted by Crippen LogP contribution is -2.23. The number of pyridine rings is 2. The van der Waals surface area contributed by atoms with Crippen LogP contribution in [0.2, 0.25) is 5.02 Å². The Kier molecular flexibility index (Phi) is 7.15. The molecular formula is C20H21ClF2N4O3. The molecular weight excluding hydrogens is 418 g/mol. The molecule has 0 aliphatic heterocycles. The van der Waals surface area contributed by atoms with Crippen molar-refractivity contribution < 1.29 is 23.1 Å². The van der Waals surface area contributed by atoms with Crippen molar-refractivity contribution in [2.24, 2.45) is 5.92 Å². The minimum atomic E-state index is -2.63. The number of carbonyl (C=O) groups is 2. The number of alkyl halides is 2. The van der Waals surface area contributed by atoms with E-state index in [0.717, 1.165) is 12.8 Å². The summed E-state index contributed by atoms with van der Waals surface area (Å²) in [6.45, 7) is 1.05. The highest BCUT2D eigenvalue weighted by Gasteiger charge is 2.24. The summed E-state index contributed by atoms with van der Waals surface area (Å²) in [6.07, 6.45) is 1.35. The summed E-state index contributed by atoms with van der Waals surface area (Å²) < 4.78 is 29.2. The number of hydrogen-bond donors (Lipinski definition) is 2. The molecule has 30 heavy (non-hydrogen) atoms. The number of anilines is 1. The molecule has 0 aromatic carbocycles. The molecule has 1 fully saturated rings. The molecule has 2 amide bonds. The van der Waals surface area contributed by atoms with Gasteiger partial charge >= 0.3 is 0 Å². The van der Waals surface area contributed by atoms with Gasteiger partial charge in [0, 0.05) is 30.4 Å². The van der Waals surface area contributed by atoms with Gasteiger partial charge in [-0.3, -0.25) is 9.59 Å². The smallest absolute Gasteiger partial charge is 0.272 e. The van der Waals surface area contributed by atoms with E-state index in [1.807, 2.05) is 0 Å².